The molecule has 3 N–H and O–H groups in total. The van der Waals surface area contributed by atoms with Crippen LogP contribution < -0.4 is 5.32 Å². The third kappa shape index (κ3) is 3.42. The number of aliphatic carboxylic acids is 1. The first-order valence-electron chi connectivity index (χ1n) is 7.50. The Bertz CT molecular complexity index is 878. The standard InChI is InChI=1S/C18H16ClFN2O2/c19-14-6-3-4-11(17(14)20)9-22-16(18(23)24)8-12-10-21-15-7-2-1-5-13(12)15/h1-7,10,16,21-22H,8-9H2,(H,23,24)/t16-/m0/s1. The molecule has 0 radical (unpaired) electrons. The van der Waals surface area contributed by atoms with Gasteiger partial charge in [0.05, 0.1) is 5.02 Å². The van der Waals surface area contributed by atoms with Crippen molar-refractivity contribution in [1.29, 1.82) is 0 Å². The van der Waals surface area contributed by atoms with Crippen molar-refractivity contribution < 1.29 is 14.3 Å². The normalized spacial score (nSPS) is 12.4. The van der Waals surface area contributed by atoms with Crippen molar-refractivity contribution in [2.24, 2.45) is 0 Å². The van der Waals surface area contributed by atoms with Crippen LogP contribution in [0.25, 0.3) is 10.9 Å². The van der Waals surface area contributed by atoms with E-state index in [1.165, 1.54) is 6.07 Å². The summed E-state index contributed by atoms with van der Waals surface area (Å²) in [6, 6.07) is 11.5. The zero-order valence-corrected chi connectivity index (χ0v) is 13.5. The lowest BCUT2D eigenvalue weighted by Crippen LogP contribution is -2.38. The van der Waals surface area contributed by atoms with Gasteiger partial charge >= 0.3 is 5.97 Å². The van der Waals surface area contributed by atoms with E-state index in [9.17, 15) is 14.3 Å². The van der Waals surface area contributed by atoms with Gasteiger partial charge in [-0.05, 0) is 17.7 Å². The fourth-order valence-corrected chi connectivity index (χ4v) is 2.88. The summed E-state index contributed by atoms with van der Waals surface area (Å²) in [6.07, 6.45) is 2.10. The SMILES string of the molecule is O=C(O)[C@H](Cc1c[nH]c2ccccc12)NCc1cccc(Cl)c1F. The Balaban J connectivity index is 1.76. The number of rotatable bonds is 6. The van der Waals surface area contributed by atoms with E-state index >= 15 is 0 Å². The molecule has 0 aliphatic rings. The van der Waals surface area contributed by atoms with E-state index in [1.807, 2.05) is 30.5 Å². The van der Waals surface area contributed by atoms with E-state index in [0.717, 1.165) is 16.5 Å². The maximum atomic E-state index is 13.9. The number of H-pyrrole nitrogens is 1. The van der Waals surface area contributed by atoms with Crippen LogP contribution in [0.3, 0.4) is 0 Å². The van der Waals surface area contributed by atoms with E-state index in [1.54, 1.807) is 12.1 Å². The number of aromatic nitrogens is 1. The second-order valence-corrected chi connectivity index (χ2v) is 5.96. The lowest BCUT2D eigenvalue weighted by Gasteiger charge is -2.15. The van der Waals surface area contributed by atoms with Crippen LogP contribution in [0.5, 0.6) is 0 Å². The first-order chi connectivity index (χ1) is 11.6. The van der Waals surface area contributed by atoms with Crippen molar-refractivity contribution in [2.75, 3.05) is 0 Å². The molecule has 0 spiro atoms. The smallest absolute Gasteiger partial charge is 0.321 e. The van der Waals surface area contributed by atoms with Crippen LogP contribution in [-0.2, 0) is 17.8 Å². The van der Waals surface area contributed by atoms with Crippen LogP contribution in [0.4, 0.5) is 4.39 Å². The summed E-state index contributed by atoms with van der Waals surface area (Å²) >= 11 is 5.75. The number of carbonyl (C=O) groups is 1. The molecule has 2 aromatic carbocycles. The zero-order valence-electron chi connectivity index (χ0n) is 12.7. The Morgan fingerprint density at radius 2 is 2.00 bits per heavy atom. The summed E-state index contributed by atoms with van der Waals surface area (Å²) in [5.74, 6) is -1.51. The maximum absolute atomic E-state index is 13.9. The van der Waals surface area contributed by atoms with E-state index < -0.39 is 17.8 Å². The first-order valence-corrected chi connectivity index (χ1v) is 7.88. The van der Waals surface area contributed by atoms with E-state index in [-0.39, 0.29) is 11.6 Å². The Morgan fingerprint density at radius 1 is 1.21 bits per heavy atom. The van der Waals surface area contributed by atoms with Gasteiger partial charge in [-0.3, -0.25) is 10.1 Å². The number of benzene rings is 2. The molecule has 1 atom stereocenters. The second-order valence-electron chi connectivity index (χ2n) is 5.55. The van der Waals surface area contributed by atoms with Crippen molar-refractivity contribution in [3.05, 3.63) is 70.6 Å². The van der Waals surface area contributed by atoms with Gasteiger partial charge in [0.1, 0.15) is 11.9 Å². The highest BCUT2D eigenvalue weighted by molar-refractivity contribution is 6.30. The lowest BCUT2D eigenvalue weighted by molar-refractivity contribution is -0.139. The van der Waals surface area contributed by atoms with Gasteiger partial charge in [0.25, 0.3) is 0 Å². The average Bonchev–Trinajstić information content (AvgIpc) is 2.98. The molecule has 4 nitrogen and oxygen atoms in total. The van der Waals surface area contributed by atoms with Gasteiger partial charge in [-0.25, -0.2) is 4.39 Å². The number of hydrogen-bond acceptors (Lipinski definition) is 2. The molecular weight excluding hydrogens is 331 g/mol. The van der Waals surface area contributed by atoms with Crippen LogP contribution in [0.2, 0.25) is 5.02 Å². The van der Waals surface area contributed by atoms with Crippen molar-refractivity contribution in [1.82, 2.24) is 10.3 Å². The van der Waals surface area contributed by atoms with Crippen molar-refractivity contribution in [3.8, 4) is 0 Å². The lowest BCUT2D eigenvalue weighted by atomic mass is 10.0. The molecule has 0 aliphatic carbocycles. The predicted octanol–water partition coefficient (Wildman–Crippen LogP) is 3.75. The van der Waals surface area contributed by atoms with Gasteiger partial charge in [0, 0.05) is 35.6 Å². The topological polar surface area (TPSA) is 65.1 Å². The molecule has 0 unspecified atom stereocenters. The van der Waals surface area contributed by atoms with E-state index in [4.69, 9.17) is 11.6 Å². The molecule has 1 aromatic heterocycles. The molecule has 0 saturated carbocycles. The molecule has 24 heavy (non-hydrogen) atoms. The summed E-state index contributed by atoms with van der Waals surface area (Å²) in [4.78, 5) is 14.7. The van der Waals surface area contributed by atoms with Crippen LogP contribution in [0.1, 0.15) is 11.1 Å². The molecular formula is C18H16ClFN2O2. The number of carboxylic acid groups (broad SMARTS) is 1. The van der Waals surface area contributed by atoms with Gasteiger partial charge in [-0.1, -0.05) is 41.9 Å². The fourth-order valence-electron chi connectivity index (χ4n) is 2.69. The summed E-state index contributed by atoms with van der Waals surface area (Å²) in [6.45, 7) is 0.0890. The van der Waals surface area contributed by atoms with E-state index in [2.05, 4.69) is 10.3 Å². The van der Waals surface area contributed by atoms with Gasteiger partial charge in [0.15, 0.2) is 0 Å². The first kappa shape index (κ1) is 16.5. The van der Waals surface area contributed by atoms with Crippen LogP contribution in [0.15, 0.2) is 48.7 Å². The molecule has 124 valence electrons. The highest BCUT2D eigenvalue weighted by Crippen LogP contribution is 2.20. The van der Waals surface area contributed by atoms with E-state index in [0.29, 0.717) is 12.0 Å². The summed E-state index contributed by atoms with van der Waals surface area (Å²) < 4.78 is 13.9. The minimum Gasteiger partial charge on any atom is -0.480 e. The fraction of sp³-hybridized carbons (Fsp3) is 0.167. The van der Waals surface area contributed by atoms with Crippen molar-refractivity contribution >= 4 is 28.5 Å². The van der Waals surface area contributed by atoms with Crippen LogP contribution >= 0.6 is 11.6 Å². The van der Waals surface area contributed by atoms with Gasteiger partial charge in [0.2, 0.25) is 0 Å². The number of aromatic amines is 1. The summed E-state index contributed by atoms with van der Waals surface area (Å²) in [5.41, 5.74) is 2.20. The minimum atomic E-state index is -0.984. The maximum Gasteiger partial charge on any atom is 0.321 e. The largest absolute Gasteiger partial charge is 0.480 e. The molecule has 0 bridgehead atoms. The molecule has 6 heteroatoms. The molecule has 0 aliphatic heterocycles. The molecule has 0 fully saturated rings. The zero-order chi connectivity index (χ0) is 17.1. The Kier molecular flexibility index (Phi) is 4.83. The highest BCUT2D eigenvalue weighted by Gasteiger charge is 2.20. The highest BCUT2D eigenvalue weighted by atomic mass is 35.5. The minimum absolute atomic E-state index is 0.0257. The molecule has 0 saturated heterocycles. The molecule has 3 rings (SSSR count). The Labute approximate surface area is 143 Å². The Morgan fingerprint density at radius 3 is 2.79 bits per heavy atom. The second kappa shape index (κ2) is 7.03. The number of hydrogen-bond donors (Lipinski definition) is 3. The van der Waals surface area contributed by atoms with Crippen molar-refractivity contribution in [2.45, 2.75) is 19.0 Å². The quantitative estimate of drug-likeness (QED) is 0.637. The van der Waals surface area contributed by atoms with Crippen molar-refractivity contribution in [3.63, 3.8) is 0 Å². The summed E-state index contributed by atoms with van der Waals surface area (Å²) in [5, 5.41) is 13.4. The van der Waals surface area contributed by atoms with Crippen LogP contribution in [-0.4, -0.2) is 22.1 Å². The Hall–Kier alpha value is -2.37. The predicted molar refractivity (Wildman–Crippen MR) is 91.7 cm³/mol. The van der Waals surface area contributed by atoms with Gasteiger partial charge in [-0.2, -0.15) is 0 Å². The number of nitrogens with one attached hydrogen (secondary N) is 2. The van der Waals surface area contributed by atoms with Gasteiger partial charge in [-0.15, -0.1) is 0 Å². The van der Waals surface area contributed by atoms with Gasteiger partial charge < -0.3 is 10.1 Å². The number of halogens is 2. The van der Waals surface area contributed by atoms with Crippen LogP contribution in [0, 0.1) is 5.82 Å². The summed E-state index contributed by atoms with van der Waals surface area (Å²) in [7, 11) is 0. The monoisotopic (exact) mass is 346 g/mol. The number of fused-ring (bicyclic) bond motifs is 1. The molecule has 1 heterocycles. The number of carboxylic acids is 1. The third-order valence-electron chi connectivity index (χ3n) is 3.97. The molecule has 0 amide bonds. The number of para-hydroxylation sites is 1. The average molecular weight is 347 g/mol. The molecule has 3 aromatic rings. The third-order valence-corrected chi connectivity index (χ3v) is 4.26.